The molecule has 2 aliphatic heterocycles. The number of aromatic nitrogens is 1. The molecule has 1 aromatic carbocycles. The minimum absolute atomic E-state index is 0. The van der Waals surface area contributed by atoms with Crippen LogP contribution in [0.25, 0.3) is 6.08 Å². The number of pyridine rings is 1. The number of aliphatic hydroxyl groups is 1. The fraction of sp³-hybridized carbons (Fsp3) is 0.0625. The van der Waals surface area contributed by atoms with Crippen LogP contribution in [0.15, 0.2) is 54.2 Å². The van der Waals surface area contributed by atoms with Gasteiger partial charge < -0.3 is 10.6 Å². The van der Waals surface area contributed by atoms with Crippen molar-refractivity contribution < 1.29 is 15.0 Å². The standard InChI is InChI=1S/C16H13FN4O.H2O/c1-10-5-7-12(9-18-10)20-16(22)14-8-6-11-3-2-4-13(17)15(11)21(14)19-20;/h2-9,19,22H,1H3;1H2. The Morgan fingerprint density at radius 2 is 1.96 bits per heavy atom. The molecule has 6 nitrogen and oxygen atoms in total. The Kier molecular flexibility index (Phi) is 3.51. The number of hydrazine groups is 2. The number of nitrogens with zero attached hydrogens (tertiary/aromatic N) is 3. The molecule has 0 atom stereocenters. The molecule has 0 aliphatic carbocycles. The normalized spacial score (nSPS) is 15.4. The van der Waals surface area contributed by atoms with Crippen molar-refractivity contribution in [3.63, 3.8) is 0 Å². The zero-order valence-electron chi connectivity index (χ0n) is 12.3. The third-order valence-electron chi connectivity index (χ3n) is 3.70. The molecular weight excluding hydrogens is 299 g/mol. The number of benzene rings is 1. The van der Waals surface area contributed by atoms with Gasteiger partial charge in [-0.05, 0) is 31.2 Å². The molecule has 0 unspecified atom stereocenters. The number of hydrogen-bond donors (Lipinski definition) is 2. The Hall–Kier alpha value is -2.90. The van der Waals surface area contributed by atoms with Crippen molar-refractivity contribution in [2.45, 2.75) is 6.92 Å². The van der Waals surface area contributed by atoms with Crippen LogP contribution in [-0.4, -0.2) is 15.6 Å². The van der Waals surface area contributed by atoms with E-state index in [0.717, 1.165) is 11.3 Å². The van der Waals surface area contributed by atoms with Crippen LogP contribution in [0.2, 0.25) is 0 Å². The number of anilines is 2. The molecule has 1 aromatic heterocycles. The lowest BCUT2D eigenvalue weighted by Crippen LogP contribution is -2.42. The molecule has 0 spiro atoms. The van der Waals surface area contributed by atoms with Crippen LogP contribution in [0, 0.1) is 12.7 Å². The van der Waals surface area contributed by atoms with Gasteiger partial charge in [0.2, 0.25) is 5.88 Å². The summed E-state index contributed by atoms with van der Waals surface area (Å²) < 4.78 is 14.2. The molecule has 4 N–H and O–H groups in total. The molecule has 23 heavy (non-hydrogen) atoms. The summed E-state index contributed by atoms with van der Waals surface area (Å²) in [5, 5.41) is 13.4. The summed E-state index contributed by atoms with van der Waals surface area (Å²) in [6.07, 6.45) is 5.16. The molecule has 0 amide bonds. The number of para-hydroxylation sites is 1. The van der Waals surface area contributed by atoms with E-state index in [-0.39, 0.29) is 17.2 Å². The van der Waals surface area contributed by atoms with Gasteiger partial charge in [-0.2, -0.15) is 0 Å². The highest BCUT2D eigenvalue weighted by Gasteiger charge is 2.34. The molecule has 0 saturated carbocycles. The molecule has 0 saturated heterocycles. The van der Waals surface area contributed by atoms with E-state index < -0.39 is 0 Å². The highest BCUT2D eigenvalue weighted by atomic mass is 19.1. The predicted molar refractivity (Wildman–Crippen MR) is 85.8 cm³/mol. The highest BCUT2D eigenvalue weighted by Crippen LogP contribution is 2.37. The van der Waals surface area contributed by atoms with Gasteiger partial charge >= 0.3 is 0 Å². The average Bonchev–Trinajstić information content (AvgIpc) is 2.85. The Bertz CT molecular complexity index is 817. The summed E-state index contributed by atoms with van der Waals surface area (Å²) in [6, 6.07) is 8.54. The number of aliphatic hydroxyl groups excluding tert-OH is 1. The van der Waals surface area contributed by atoms with Gasteiger partial charge in [-0.1, -0.05) is 18.2 Å². The Labute approximate surface area is 132 Å². The summed E-state index contributed by atoms with van der Waals surface area (Å²) in [5.41, 5.74) is 6.14. The molecular formula is C16H15FN4O2. The first-order valence-electron chi connectivity index (χ1n) is 6.84. The number of halogens is 1. The van der Waals surface area contributed by atoms with E-state index in [0.29, 0.717) is 17.1 Å². The minimum Gasteiger partial charge on any atom is -0.492 e. The van der Waals surface area contributed by atoms with Crippen LogP contribution in [-0.2, 0) is 0 Å². The molecule has 2 aliphatic rings. The monoisotopic (exact) mass is 314 g/mol. The molecule has 0 fully saturated rings. The molecule has 3 heterocycles. The van der Waals surface area contributed by atoms with Crippen molar-refractivity contribution in [1.29, 1.82) is 0 Å². The Morgan fingerprint density at radius 3 is 2.70 bits per heavy atom. The number of hydrogen-bond acceptors (Lipinski definition) is 5. The van der Waals surface area contributed by atoms with Crippen LogP contribution in [0.4, 0.5) is 15.8 Å². The van der Waals surface area contributed by atoms with Crippen molar-refractivity contribution in [3.8, 4) is 0 Å². The molecule has 0 radical (unpaired) electrons. The van der Waals surface area contributed by atoms with E-state index in [9.17, 15) is 9.50 Å². The quantitative estimate of drug-likeness (QED) is 0.843. The summed E-state index contributed by atoms with van der Waals surface area (Å²) in [5.74, 6) is -0.362. The molecule has 118 valence electrons. The first kappa shape index (κ1) is 15.0. The van der Waals surface area contributed by atoms with E-state index in [4.69, 9.17) is 0 Å². The maximum Gasteiger partial charge on any atom is 0.234 e. The van der Waals surface area contributed by atoms with E-state index >= 15 is 0 Å². The summed E-state index contributed by atoms with van der Waals surface area (Å²) in [7, 11) is 0. The molecule has 4 rings (SSSR count). The maximum atomic E-state index is 14.2. The third-order valence-corrected chi connectivity index (χ3v) is 3.70. The topological polar surface area (TPSA) is 83.1 Å². The molecule has 0 bridgehead atoms. The number of rotatable bonds is 1. The lowest BCUT2D eigenvalue weighted by atomic mass is 10.1. The van der Waals surface area contributed by atoms with E-state index in [1.54, 1.807) is 24.4 Å². The lowest BCUT2D eigenvalue weighted by Gasteiger charge is -2.27. The smallest absolute Gasteiger partial charge is 0.234 e. The fourth-order valence-corrected chi connectivity index (χ4v) is 2.58. The third kappa shape index (κ3) is 2.23. The number of fused-ring (bicyclic) bond motifs is 3. The van der Waals surface area contributed by atoms with Crippen molar-refractivity contribution in [3.05, 3.63) is 71.3 Å². The van der Waals surface area contributed by atoms with Crippen LogP contribution in [0.3, 0.4) is 0 Å². The maximum absolute atomic E-state index is 14.2. The van der Waals surface area contributed by atoms with Gasteiger partial charge in [-0.25, -0.2) is 14.4 Å². The van der Waals surface area contributed by atoms with Crippen LogP contribution >= 0.6 is 0 Å². The average molecular weight is 314 g/mol. The van der Waals surface area contributed by atoms with Gasteiger partial charge in [-0.15, -0.1) is 5.53 Å². The van der Waals surface area contributed by atoms with Crippen molar-refractivity contribution in [1.82, 2.24) is 10.5 Å². The summed E-state index contributed by atoms with van der Waals surface area (Å²) in [4.78, 5) is 4.21. The largest absolute Gasteiger partial charge is 0.492 e. The molecule has 7 heteroatoms. The van der Waals surface area contributed by atoms with E-state index in [1.807, 2.05) is 25.1 Å². The summed E-state index contributed by atoms with van der Waals surface area (Å²) in [6.45, 7) is 1.89. The first-order chi connectivity index (χ1) is 10.6. The highest BCUT2D eigenvalue weighted by molar-refractivity contribution is 5.78. The molecule has 2 aromatic rings. The van der Waals surface area contributed by atoms with Gasteiger partial charge in [0.1, 0.15) is 17.2 Å². The summed E-state index contributed by atoms with van der Waals surface area (Å²) >= 11 is 0. The lowest BCUT2D eigenvalue weighted by molar-refractivity contribution is 0.388. The zero-order chi connectivity index (χ0) is 15.3. The second-order valence-electron chi connectivity index (χ2n) is 5.15. The number of aryl methyl sites for hydroxylation is 1. The van der Waals surface area contributed by atoms with Gasteiger partial charge in [0.25, 0.3) is 0 Å². The first-order valence-corrected chi connectivity index (χ1v) is 6.84. The number of allylic oxidation sites excluding steroid dienone is 1. The van der Waals surface area contributed by atoms with Crippen molar-refractivity contribution in [2.24, 2.45) is 0 Å². The zero-order valence-corrected chi connectivity index (χ0v) is 12.3. The predicted octanol–water partition coefficient (Wildman–Crippen LogP) is 2.20. The van der Waals surface area contributed by atoms with Crippen LogP contribution in [0.1, 0.15) is 11.3 Å². The second kappa shape index (κ2) is 5.38. The number of nitrogens with one attached hydrogen (secondary N) is 1. The second-order valence-corrected chi connectivity index (χ2v) is 5.15. The Morgan fingerprint density at radius 1 is 1.13 bits per heavy atom. The SMILES string of the molecule is Cc1ccc(N2NN3C(=C2O)C=Cc2cccc(F)c23)cn1.O. The van der Waals surface area contributed by atoms with Gasteiger partial charge in [0.15, 0.2) is 0 Å². The van der Waals surface area contributed by atoms with Gasteiger partial charge in [0, 0.05) is 11.3 Å². The van der Waals surface area contributed by atoms with Crippen molar-refractivity contribution in [2.75, 3.05) is 10.0 Å². The van der Waals surface area contributed by atoms with Crippen LogP contribution < -0.4 is 15.6 Å². The van der Waals surface area contributed by atoms with Crippen molar-refractivity contribution >= 4 is 17.5 Å². The Balaban J connectivity index is 0.00000156. The van der Waals surface area contributed by atoms with Gasteiger partial charge in [-0.3, -0.25) is 4.98 Å². The van der Waals surface area contributed by atoms with Gasteiger partial charge in [0.05, 0.1) is 11.9 Å². The van der Waals surface area contributed by atoms with Crippen LogP contribution in [0.5, 0.6) is 0 Å². The van der Waals surface area contributed by atoms with E-state index in [2.05, 4.69) is 10.5 Å². The fourth-order valence-electron chi connectivity index (χ4n) is 2.58. The van der Waals surface area contributed by atoms with E-state index in [1.165, 1.54) is 16.1 Å². The minimum atomic E-state index is -0.358.